The molecule has 3 nitrogen and oxygen atoms in total. The predicted molar refractivity (Wildman–Crippen MR) is 68.8 cm³/mol. The maximum absolute atomic E-state index is 12.8. The Morgan fingerprint density at radius 1 is 1.05 bits per heavy atom. The van der Waals surface area contributed by atoms with Gasteiger partial charge >= 0.3 is 13.3 Å². The van der Waals surface area contributed by atoms with E-state index in [1.165, 1.54) is 6.07 Å². The summed E-state index contributed by atoms with van der Waals surface area (Å²) in [5.74, 6) is -0.808. The molecule has 0 aliphatic carbocycles. The van der Waals surface area contributed by atoms with Crippen LogP contribution in [0.5, 0.6) is 5.75 Å². The minimum Gasteiger partial charge on any atom is -0.507 e. The molecule has 1 fully saturated rings. The van der Waals surface area contributed by atoms with E-state index in [0.717, 1.165) is 12.1 Å². The Morgan fingerprint density at radius 2 is 1.55 bits per heavy atom. The number of rotatable bonds is 1. The minimum atomic E-state index is -4.62. The lowest BCUT2D eigenvalue weighted by Gasteiger charge is -2.32. The Kier molecular flexibility index (Phi) is 3.34. The number of phenols is 1. The fraction of sp³-hybridized carbons (Fsp3) is 0.538. The maximum Gasteiger partial charge on any atom is 0.494 e. The first-order chi connectivity index (χ1) is 8.94. The number of phenolic OH excluding ortho intramolecular Hbond substituents is 1. The SMILES string of the molecule is CC1(C)OB(c2ccc(O)c(C(F)(F)F)c2)OC1(C)C. The third-order valence-corrected chi connectivity index (χ3v) is 3.85. The summed E-state index contributed by atoms with van der Waals surface area (Å²) in [6, 6.07) is 3.23. The number of hydrogen-bond acceptors (Lipinski definition) is 3. The molecule has 0 radical (unpaired) electrons. The highest BCUT2D eigenvalue weighted by Gasteiger charge is 2.52. The van der Waals surface area contributed by atoms with Crippen LogP contribution < -0.4 is 5.46 Å². The van der Waals surface area contributed by atoms with E-state index in [2.05, 4.69) is 0 Å². The first kappa shape index (κ1) is 15.2. The lowest BCUT2D eigenvalue weighted by molar-refractivity contribution is -0.138. The Bertz CT molecular complexity index is 510. The Hall–Kier alpha value is -1.21. The second-order valence-electron chi connectivity index (χ2n) is 5.86. The van der Waals surface area contributed by atoms with Gasteiger partial charge in [0.25, 0.3) is 0 Å². The lowest BCUT2D eigenvalue weighted by atomic mass is 9.78. The van der Waals surface area contributed by atoms with Gasteiger partial charge in [0.15, 0.2) is 0 Å². The molecule has 0 amide bonds. The highest BCUT2D eigenvalue weighted by Crippen LogP contribution is 2.38. The van der Waals surface area contributed by atoms with E-state index in [4.69, 9.17) is 9.31 Å². The van der Waals surface area contributed by atoms with Gasteiger partial charge < -0.3 is 14.4 Å². The van der Waals surface area contributed by atoms with Crippen LogP contribution in [0.15, 0.2) is 18.2 Å². The van der Waals surface area contributed by atoms with Crippen LogP contribution in [-0.4, -0.2) is 23.4 Å². The fourth-order valence-corrected chi connectivity index (χ4v) is 1.91. The molecule has 0 saturated carbocycles. The minimum absolute atomic E-state index is 0.230. The fourth-order valence-electron chi connectivity index (χ4n) is 1.91. The van der Waals surface area contributed by atoms with E-state index >= 15 is 0 Å². The molecule has 1 heterocycles. The number of hydrogen-bond donors (Lipinski definition) is 1. The van der Waals surface area contributed by atoms with Crippen molar-refractivity contribution in [1.82, 2.24) is 0 Å². The second-order valence-corrected chi connectivity index (χ2v) is 5.86. The van der Waals surface area contributed by atoms with Crippen LogP contribution in [0.2, 0.25) is 0 Å². The van der Waals surface area contributed by atoms with Crippen molar-refractivity contribution in [3.8, 4) is 5.75 Å². The summed E-state index contributed by atoms with van der Waals surface area (Å²) in [6.07, 6.45) is -4.62. The van der Waals surface area contributed by atoms with Crippen molar-refractivity contribution in [2.75, 3.05) is 0 Å². The van der Waals surface area contributed by atoms with Crippen molar-refractivity contribution in [2.45, 2.75) is 45.1 Å². The highest BCUT2D eigenvalue weighted by atomic mass is 19.4. The molecular formula is C13H16BF3O3. The van der Waals surface area contributed by atoms with Crippen LogP contribution in [0, 0.1) is 0 Å². The standard InChI is InChI=1S/C13H16BF3O3/c1-11(2)12(3,4)20-14(19-11)8-5-6-10(18)9(7-8)13(15,16)17/h5-7,18H,1-4H3. The van der Waals surface area contributed by atoms with Gasteiger partial charge in [0.05, 0.1) is 16.8 Å². The van der Waals surface area contributed by atoms with Crippen molar-refractivity contribution >= 4 is 12.6 Å². The van der Waals surface area contributed by atoms with Gasteiger partial charge in [-0.2, -0.15) is 13.2 Å². The van der Waals surface area contributed by atoms with Crippen LogP contribution >= 0.6 is 0 Å². The largest absolute Gasteiger partial charge is 0.507 e. The molecule has 7 heteroatoms. The van der Waals surface area contributed by atoms with Gasteiger partial charge in [-0.05, 0) is 45.3 Å². The van der Waals surface area contributed by atoms with Crippen LogP contribution in [0.4, 0.5) is 13.2 Å². The first-order valence-corrected chi connectivity index (χ1v) is 6.20. The molecule has 1 aromatic carbocycles. The smallest absolute Gasteiger partial charge is 0.494 e. The third kappa shape index (κ3) is 2.52. The summed E-state index contributed by atoms with van der Waals surface area (Å²) >= 11 is 0. The summed E-state index contributed by atoms with van der Waals surface area (Å²) in [5.41, 5.74) is -2.12. The third-order valence-electron chi connectivity index (χ3n) is 3.85. The zero-order valence-corrected chi connectivity index (χ0v) is 11.7. The van der Waals surface area contributed by atoms with Crippen LogP contribution in [0.3, 0.4) is 0 Å². The van der Waals surface area contributed by atoms with Gasteiger partial charge in [0.1, 0.15) is 5.75 Å². The van der Waals surface area contributed by atoms with Gasteiger partial charge in [-0.15, -0.1) is 0 Å². The number of benzene rings is 1. The molecule has 0 spiro atoms. The molecule has 0 bridgehead atoms. The molecule has 2 rings (SSSR count). The summed E-state index contributed by atoms with van der Waals surface area (Å²) in [7, 11) is -0.887. The van der Waals surface area contributed by atoms with E-state index in [1.807, 2.05) is 27.7 Å². The lowest BCUT2D eigenvalue weighted by Crippen LogP contribution is -2.41. The van der Waals surface area contributed by atoms with E-state index in [1.54, 1.807) is 0 Å². The molecule has 1 N–H and O–H groups in total. The normalized spacial score (nSPS) is 21.2. The van der Waals surface area contributed by atoms with Gasteiger partial charge in [-0.3, -0.25) is 0 Å². The van der Waals surface area contributed by atoms with Crippen molar-refractivity contribution in [3.63, 3.8) is 0 Å². The van der Waals surface area contributed by atoms with E-state index in [-0.39, 0.29) is 5.46 Å². The average molecular weight is 288 g/mol. The molecular weight excluding hydrogens is 272 g/mol. The quantitative estimate of drug-likeness (QED) is 0.807. The van der Waals surface area contributed by atoms with Crippen molar-refractivity contribution in [3.05, 3.63) is 23.8 Å². The van der Waals surface area contributed by atoms with E-state index in [9.17, 15) is 18.3 Å². The molecule has 1 aliphatic rings. The Morgan fingerprint density at radius 3 is 2.00 bits per heavy atom. The topological polar surface area (TPSA) is 38.7 Å². The van der Waals surface area contributed by atoms with E-state index < -0.39 is 35.8 Å². The molecule has 1 saturated heterocycles. The zero-order valence-electron chi connectivity index (χ0n) is 11.7. The first-order valence-electron chi connectivity index (χ1n) is 6.20. The molecule has 0 atom stereocenters. The monoisotopic (exact) mass is 288 g/mol. The van der Waals surface area contributed by atoms with Gasteiger partial charge in [-0.25, -0.2) is 0 Å². The zero-order chi connectivity index (χ0) is 15.3. The summed E-state index contributed by atoms with van der Waals surface area (Å²) in [6.45, 7) is 7.27. The summed E-state index contributed by atoms with van der Waals surface area (Å²) in [5, 5.41) is 9.32. The molecule has 110 valence electrons. The molecule has 1 aromatic rings. The van der Waals surface area contributed by atoms with Crippen molar-refractivity contribution < 1.29 is 27.6 Å². The molecule has 0 aromatic heterocycles. The summed E-state index contributed by atoms with van der Waals surface area (Å²) < 4.78 is 49.7. The van der Waals surface area contributed by atoms with Crippen LogP contribution in [0.25, 0.3) is 0 Å². The van der Waals surface area contributed by atoms with Crippen LogP contribution in [0.1, 0.15) is 33.3 Å². The van der Waals surface area contributed by atoms with E-state index in [0.29, 0.717) is 0 Å². The molecule has 1 aliphatic heterocycles. The second kappa shape index (κ2) is 4.39. The maximum atomic E-state index is 12.8. The molecule has 20 heavy (non-hydrogen) atoms. The number of alkyl halides is 3. The highest BCUT2D eigenvalue weighted by molar-refractivity contribution is 6.62. The Balaban J connectivity index is 2.37. The number of halogens is 3. The van der Waals surface area contributed by atoms with Crippen molar-refractivity contribution in [2.24, 2.45) is 0 Å². The van der Waals surface area contributed by atoms with Crippen LogP contribution in [-0.2, 0) is 15.5 Å². The van der Waals surface area contributed by atoms with Gasteiger partial charge in [0, 0.05) is 0 Å². The average Bonchev–Trinajstić information content (AvgIpc) is 2.47. The Labute approximate surface area is 115 Å². The number of aromatic hydroxyl groups is 1. The van der Waals surface area contributed by atoms with Crippen molar-refractivity contribution in [1.29, 1.82) is 0 Å². The van der Waals surface area contributed by atoms with Gasteiger partial charge in [-0.1, -0.05) is 6.07 Å². The van der Waals surface area contributed by atoms with Gasteiger partial charge in [0.2, 0.25) is 0 Å². The summed E-state index contributed by atoms with van der Waals surface area (Å²) in [4.78, 5) is 0. The predicted octanol–water partition coefficient (Wildman–Crippen LogP) is 2.71. The molecule has 0 unspecified atom stereocenters.